The van der Waals surface area contributed by atoms with Crippen LogP contribution in [0.2, 0.25) is 5.15 Å². The van der Waals surface area contributed by atoms with Crippen LogP contribution in [0.25, 0.3) is 54.6 Å². The second kappa shape index (κ2) is 22.4. The van der Waals surface area contributed by atoms with E-state index in [0.29, 0.717) is 50.0 Å². The lowest BCUT2D eigenvalue weighted by Gasteiger charge is -2.23. The van der Waals surface area contributed by atoms with Crippen molar-refractivity contribution in [3.05, 3.63) is 102 Å². The molecule has 8 aromatic heterocycles. The first-order valence-electron chi connectivity index (χ1n) is 23.1. The van der Waals surface area contributed by atoms with Gasteiger partial charge in [-0.1, -0.05) is 23.3 Å². The molecule has 78 heavy (non-hydrogen) atoms. The van der Waals surface area contributed by atoms with Crippen molar-refractivity contribution in [1.82, 2.24) is 58.1 Å². The largest absolute Gasteiger partial charge is 0.469 e. The molecular formula is C44H47ClF4N18O11. The average molecular weight is 1120 g/mol. The van der Waals surface area contributed by atoms with Crippen LogP contribution in [0.1, 0.15) is 24.9 Å². The molecule has 4 saturated heterocycles. The van der Waals surface area contributed by atoms with Crippen molar-refractivity contribution in [2.24, 2.45) is 5.11 Å². The number of halogens is 5. The first-order valence-corrected chi connectivity index (χ1v) is 23.5. The fourth-order valence-electron chi connectivity index (χ4n) is 9.00. The molecule has 12 rings (SSSR count). The molecule has 0 bridgehead atoms. The number of rotatable bonds is 8. The summed E-state index contributed by atoms with van der Waals surface area (Å²) in [5, 5.41) is 71.8. The maximum Gasteiger partial charge on any atom is 0.211 e. The summed E-state index contributed by atoms with van der Waals surface area (Å²) in [5.41, 5.74) is 25.1. The molecular weight excluding hydrogens is 1070 g/mol. The van der Waals surface area contributed by atoms with Crippen molar-refractivity contribution >= 4 is 73.2 Å². The van der Waals surface area contributed by atoms with Gasteiger partial charge in [-0.2, -0.15) is 0 Å². The van der Waals surface area contributed by atoms with Gasteiger partial charge >= 0.3 is 0 Å². The van der Waals surface area contributed by atoms with Crippen molar-refractivity contribution in [3.63, 3.8) is 0 Å². The van der Waals surface area contributed by atoms with Gasteiger partial charge < -0.3 is 85.6 Å². The minimum absolute atomic E-state index is 0.0105. The van der Waals surface area contributed by atoms with Crippen LogP contribution in [0.3, 0.4) is 0 Å². The molecule has 0 aliphatic carbocycles. The quantitative estimate of drug-likeness (QED) is 0.0337. The zero-order valence-corrected chi connectivity index (χ0v) is 40.7. The Hall–Kier alpha value is -7.66. The fraction of sp³-hybridized carbons (Fsp3) is 0.409. The molecule has 13 N–H and O–H groups in total. The molecule has 29 nitrogen and oxygen atoms in total. The summed E-state index contributed by atoms with van der Waals surface area (Å²) in [6, 6.07) is 6.54. The number of nitrogen functional groups attached to an aromatic ring is 3. The van der Waals surface area contributed by atoms with Gasteiger partial charge in [0.15, 0.2) is 43.4 Å². The lowest BCUT2D eigenvalue weighted by atomic mass is 10.1. The maximum absolute atomic E-state index is 14.4. The summed E-state index contributed by atoms with van der Waals surface area (Å²) in [4.78, 5) is 34.0. The van der Waals surface area contributed by atoms with Gasteiger partial charge in [-0.3, -0.25) is 4.57 Å². The van der Waals surface area contributed by atoms with Crippen LogP contribution in [0.15, 0.2) is 91.8 Å². The molecule has 0 unspecified atom stereocenters. The van der Waals surface area contributed by atoms with Gasteiger partial charge in [0.05, 0.1) is 41.4 Å². The molecule has 34 heteroatoms. The highest BCUT2D eigenvalue weighted by atomic mass is 35.5. The third-order valence-electron chi connectivity index (χ3n) is 13.1. The Bertz CT molecular complexity index is 3400. The molecule has 4 aliphatic heterocycles. The van der Waals surface area contributed by atoms with E-state index in [-0.39, 0.29) is 22.5 Å². The Kier molecular flexibility index (Phi) is 15.8. The number of hydrogen-bond acceptors (Lipinski definition) is 23. The number of aromatic nitrogens is 12. The summed E-state index contributed by atoms with van der Waals surface area (Å²) < 4.78 is 83.2. The Morgan fingerprint density at radius 3 is 1.38 bits per heavy atom. The van der Waals surface area contributed by atoms with Crippen LogP contribution in [0, 0.1) is 0 Å². The van der Waals surface area contributed by atoms with Gasteiger partial charge in [0.2, 0.25) is 12.0 Å². The van der Waals surface area contributed by atoms with Gasteiger partial charge in [0, 0.05) is 29.7 Å². The first kappa shape index (κ1) is 55.1. The summed E-state index contributed by atoms with van der Waals surface area (Å²) in [5.74, 6) is 0.820. The second-order valence-electron chi connectivity index (χ2n) is 17.6. The second-order valence-corrected chi connectivity index (χ2v) is 18.0. The van der Waals surface area contributed by atoms with Crippen molar-refractivity contribution in [2.75, 3.05) is 37.0 Å². The molecule has 414 valence electrons. The van der Waals surface area contributed by atoms with E-state index >= 15 is 0 Å². The minimum Gasteiger partial charge on any atom is -0.469 e. The summed E-state index contributed by atoms with van der Waals surface area (Å²) in [7, 11) is 0. The van der Waals surface area contributed by atoms with E-state index in [1.165, 1.54) is 49.8 Å². The van der Waals surface area contributed by atoms with Crippen molar-refractivity contribution < 1.29 is 72.3 Å². The molecule has 12 heterocycles. The molecule has 0 aromatic carbocycles. The van der Waals surface area contributed by atoms with Gasteiger partial charge in [-0.15, -0.1) is 0 Å². The van der Waals surface area contributed by atoms with Crippen LogP contribution in [-0.2, 0) is 18.9 Å². The number of aliphatic hydroxyl groups is 7. The topological polar surface area (TPSA) is 428 Å². The van der Waals surface area contributed by atoms with Crippen LogP contribution < -0.4 is 17.2 Å². The highest BCUT2D eigenvalue weighted by molar-refractivity contribution is 6.33. The SMILES string of the molecule is C=C1O[C@@H](n2ccc3c(N)ncnc32)[C@@H](F)[C@@H]1O.Nc1ncnc2c1ccn2[C@@H]1O[C@H](CO)[C@@H](O)[C@@H]1F.OC[C@H]1O[C@@H](n2ccc3c(Cl)ncnc32)[C@@H](F)[C@@H]1O.[N-]=[N+]=N[C@]1(CO)O[C@@H](n2ccc3c(N)ncnc32)[C@@H](F)[C@@H]1O. The Morgan fingerprint density at radius 1 is 0.603 bits per heavy atom. The van der Waals surface area contributed by atoms with E-state index in [4.69, 9.17) is 63.5 Å². The van der Waals surface area contributed by atoms with E-state index in [0.717, 1.165) is 0 Å². The number of azide groups is 1. The molecule has 0 spiro atoms. The van der Waals surface area contributed by atoms with E-state index in [1.807, 2.05) is 0 Å². The maximum atomic E-state index is 14.4. The molecule has 8 aromatic rings. The summed E-state index contributed by atoms with van der Waals surface area (Å²) >= 11 is 5.91. The Labute approximate surface area is 438 Å². The average Bonchev–Trinajstić information content (AvgIpc) is 4.37. The van der Waals surface area contributed by atoms with Gasteiger partial charge in [0.1, 0.15) is 113 Å². The number of nitrogens with two attached hydrogens (primary N) is 3. The number of alkyl halides is 4. The van der Waals surface area contributed by atoms with E-state index in [1.54, 1.807) is 42.9 Å². The third-order valence-corrected chi connectivity index (χ3v) is 13.4. The summed E-state index contributed by atoms with van der Waals surface area (Å²) in [6.07, 6.45) is -7.80. The number of aliphatic hydroxyl groups excluding tert-OH is 7. The van der Waals surface area contributed by atoms with Crippen LogP contribution in [-0.4, -0.2) is 181 Å². The third kappa shape index (κ3) is 9.74. The Morgan fingerprint density at radius 2 is 1.00 bits per heavy atom. The molecule has 0 radical (unpaired) electrons. The van der Waals surface area contributed by atoms with Crippen molar-refractivity contribution in [1.29, 1.82) is 0 Å². The zero-order chi connectivity index (χ0) is 55.9. The monoisotopic (exact) mass is 1110 g/mol. The smallest absolute Gasteiger partial charge is 0.211 e. The van der Waals surface area contributed by atoms with E-state index < -0.39 is 112 Å². The molecule has 15 atom stereocenters. The van der Waals surface area contributed by atoms with Crippen LogP contribution in [0.4, 0.5) is 35.0 Å². The predicted molar refractivity (Wildman–Crippen MR) is 262 cm³/mol. The predicted octanol–water partition coefficient (Wildman–Crippen LogP) is 1.27. The lowest BCUT2D eigenvalue weighted by Crippen LogP contribution is -2.43. The van der Waals surface area contributed by atoms with Gasteiger partial charge in [-0.25, -0.2) is 57.4 Å². The van der Waals surface area contributed by atoms with Crippen LogP contribution in [0.5, 0.6) is 0 Å². The van der Waals surface area contributed by atoms with Crippen molar-refractivity contribution in [3.8, 4) is 0 Å². The standard InChI is InChI=1S/C11H11ClFN3O3.C11H12FN7O3.C11H13FN4O3.C11H11FN4O2/c12-9-5-1-2-16(10(5)15-4-14-9)11-7(13)8(18)6(3-17)19-11;12-6-7(21)11(3-20,17-18-14)22-10(6)19-2-1-5-8(13)15-4-16-9(5)19;12-7-8(18)6(3-17)19-11(7)16-2-1-5-9(13)14-4-15-10(5)16;1-5-8(17)7(12)11(18-5)16-3-2-6-9(13)14-4-15-10(6)16/h1-2,4,6-8,11,17-18H,3H2;1-2,4,6-7,10,20-21H,3H2,(H2,13,15,16);1-2,4,6-8,11,17-18H,3H2,(H2,13,14,15);2-4,7-8,11,17H,1H2,(H2,13,14,15)/t6-,7+,8-,11-;6-,7-,10+,11+;6-,7+,8-,11-;7-,8+,11+/m1010/s1. The zero-order valence-electron chi connectivity index (χ0n) is 39.9. The highest BCUT2D eigenvalue weighted by Crippen LogP contribution is 2.42. The number of anilines is 3. The normalized spacial score (nSPS) is 30.4. The molecule has 4 fully saturated rings. The number of nitrogens with zero attached hydrogens (tertiary/aromatic N) is 15. The van der Waals surface area contributed by atoms with Gasteiger partial charge in [0.25, 0.3) is 0 Å². The highest BCUT2D eigenvalue weighted by Gasteiger charge is 2.56. The molecule has 4 aliphatic rings. The molecule has 0 amide bonds. The lowest BCUT2D eigenvalue weighted by molar-refractivity contribution is -0.122. The number of ether oxygens (including phenoxy) is 4. The minimum atomic E-state index is -2.09. The van der Waals surface area contributed by atoms with Crippen LogP contribution >= 0.6 is 11.6 Å². The molecule has 0 saturated carbocycles. The van der Waals surface area contributed by atoms with E-state index in [2.05, 4.69) is 56.5 Å². The first-order chi connectivity index (χ1) is 37.4. The van der Waals surface area contributed by atoms with E-state index in [9.17, 15) is 43.1 Å². The number of hydrogen-bond donors (Lipinski definition) is 10. The fourth-order valence-corrected chi connectivity index (χ4v) is 9.19. The Balaban J connectivity index is 0.000000127. The number of fused-ring (bicyclic) bond motifs is 4. The van der Waals surface area contributed by atoms with Gasteiger partial charge in [-0.05, 0) is 29.8 Å². The summed E-state index contributed by atoms with van der Waals surface area (Å²) in [6.45, 7) is 1.69. The van der Waals surface area contributed by atoms with Crippen molar-refractivity contribution in [2.45, 2.75) is 91.9 Å².